The van der Waals surface area contributed by atoms with E-state index < -0.39 is 23.1 Å². The van der Waals surface area contributed by atoms with Gasteiger partial charge in [-0.3, -0.25) is 9.59 Å². The second kappa shape index (κ2) is 6.68. The van der Waals surface area contributed by atoms with E-state index >= 15 is 0 Å². The molecule has 2 aromatic carbocycles. The number of carbonyl (C=O) groups excluding carboxylic acids is 1. The molecule has 6 nitrogen and oxygen atoms in total. The zero-order chi connectivity index (χ0) is 18.0. The number of methoxy groups -OCH3 is 1. The summed E-state index contributed by atoms with van der Waals surface area (Å²) in [7, 11) is 1.25. The first-order valence-corrected chi connectivity index (χ1v) is 7.61. The van der Waals surface area contributed by atoms with Crippen LogP contribution in [0.4, 0.5) is 0 Å². The fourth-order valence-corrected chi connectivity index (χ4v) is 2.74. The summed E-state index contributed by atoms with van der Waals surface area (Å²) in [5, 5.41) is 20.3. The van der Waals surface area contributed by atoms with E-state index in [1.165, 1.54) is 19.2 Å². The highest BCUT2D eigenvalue weighted by atomic mass is 16.5. The highest BCUT2D eigenvalue weighted by Gasteiger charge is 2.27. The van der Waals surface area contributed by atoms with Gasteiger partial charge in [0, 0.05) is 0 Å². The van der Waals surface area contributed by atoms with Gasteiger partial charge >= 0.3 is 5.97 Å². The summed E-state index contributed by atoms with van der Waals surface area (Å²) in [6.45, 7) is 0. The monoisotopic (exact) mass is 340 g/mol. The third-order valence-corrected chi connectivity index (χ3v) is 3.99. The summed E-state index contributed by atoms with van der Waals surface area (Å²) < 4.78 is 10.4. The van der Waals surface area contributed by atoms with Crippen LogP contribution >= 0.6 is 0 Å². The van der Waals surface area contributed by atoms with Crippen LogP contribution in [0.3, 0.4) is 0 Å². The fraction of sp³-hybridized carbons (Fsp3) is 0.158. The van der Waals surface area contributed by atoms with Crippen LogP contribution in [0.1, 0.15) is 23.7 Å². The maximum absolute atomic E-state index is 12.4. The number of phenolic OH excluding ortho intramolecular Hbond substituents is 1. The maximum Gasteiger partial charge on any atom is 0.306 e. The molecule has 0 aliphatic carbocycles. The number of hydrogen-bond acceptors (Lipinski definition) is 6. The normalized spacial score (nSPS) is 12.0. The number of phenols is 1. The summed E-state index contributed by atoms with van der Waals surface area (Å²) in [4.78, 5) is 24.3. The second-order valence-electron chi connectivity index (χ2n) is 5.57. The lowest BCUT2D eigenvalue weighted by Crippen LogP contribution is -2.13. The van der Waals surface area contributed by atoms with Crippen LogP contribution in [-0.4, -0.2) is 23.3 Å². The SMILES string of the molecule is COC(=O)C[C@@H](c1cccc(O)c1)c1oc2ccccc2c(=O)c1O. The number of para-hydroxylation sites is 1. The first-order chi connectivity index (χ1) is 12.0. The lowest BCUT2D eigenvalue weighted by Gasteiger charge is -2.17. The van der Waals surface area contributed by atoms with E-state index in [9.17, 15) is 19.8 Å². The van der Waals surface area contributed by atoms with Gasteiger partial charge in [0.1, 0.15) is 11.3 Å². The van der Waals surface area contributed by atoms with Crippen molar-refractivity contribution in [1.29, 1.82) is 0 Å². The number of benzene rings is 2. The predicted octanol–water partition coefficient (Wildman–Crippen LogP) is 2.90. The third-order valence-electron chi connectivity index (χ3n) is 3.99. The van der Waals surface area contributed by atoms with Crippen molar-refractivity contribution in [1.82, 2.24) is 0 Å². The van der Waals surface area contributed by atoms with Crippen LogP contribution in [0, 0.1) is 0 Å². The van der Waals surface area contributed by atoms with E-state index in [0.717, 1.165) is 0 Å². The van der Waals surface area contributed by atoms with Crippen molar-refractivity contribution in [3.8, 4) is 11.5 Å². The van der Waals surface area contributed by atoms with Crippen LogP contribution in [0.15, 0.2) is 57.7 Å². The van der Waals surface area contributed by atoms with Crippen LogP contribution < -0.4 is 5.43 Å². The highest BCUT2D eigenvalue weighted by molar-refractivity contribution is 5.78. The molecule has 0 fully saturated rings. The van der Waals surface area contributed by atoms with E-state index in [4.69, 9.17) is 9.15 Å². The van der Waals surface area contributed by atoms with Gasteiger partial charge in [0.2, 0.25) is 11.2 Å². The molecule has 0 saturated carbocycles. The van der Waals surface area contributed by atoms with Crippen molar-refractivity contribution in [2.24, 2.45) is 0 Å². The van der Waals surface area contributed by atoms with E-state index in [1.807, 2.05) is 0 Å². The molecule has 3 rings (SSSR count). The lowest BCUT2D eigenvalue weighted by molar-refractivity contribution is -0.140. The average molecular weight is 340 g/mol. The van der Waals surface area contributed by atoms with Crippen molar-refractivity contribution >= 4 is 16.9 Å². The van der Waals surface area contributed by atoms with Gasteiger partial charge in [0.15, 0.2) is 5.76 Å². The molecule has 0 unspecified atom stereocenters. The topological polar surface area (TPSA) is 97.0 Å². The van der Waals surface area contributed by atoms with E-state index in [2.05, 4.69) is 0 Å². The van der Waals surface area contributed by atoms with E-state index in [0.29, 0.717) is 11.1 Å². The minimum atomic E-state index is -0.781. The Bertz CT molecular complexity index is 989. The number of hydrogen-bond donors (Lipinski definition) is 2. The van der Waals surface area contributed by atoms with Gasteiger partial charge in [-0.05, 0) is 29.8 Å². The Morgan fingerprint density at radius 3 is 2.64 bits per heavy atom. The van der Waals surface area contributed by atoms with Gasteiger partial charge in [-0.2, -0.15) is 0 Å². The Hall–Kier alpha value is -3.28. The second-order valence-corrected chi connectivity index (χ2v) is 5.57. The van der Waals surface area contributed by atoms with Crippen molar-refractivity contribution in [3.63, 3.8) is 0 Å². The molecule has 0 aliphatic heterocycles. The first kappa shape index (κ1) is 16.6. The van der Waals surface area contributed by atoms with Crippen molar-refractivity contribution in [2.75, 3.05) is 7.11 Å². The van der Waals surface area contributed by atoms with E-state index in [1.54, 1.807) is 36.4 Å². The van der Waals surface area contributed by atoms with Crippen LogP contribution in [0.25, 0.3) is 11.0 Å². The molecule has 0 aliphatic rings. The van der Waals surface area contributed by atoms with Gasteiger partial charge in [-0.25, -0.2) is 0 Å². The summed E-state index contributed by atoms with van der Waals surface area (Å²) in [6, 6.07) is 12.7. The van der Waals surface area contributed by atoms with Crippen molar-refractivity contribution in [2.45, 2.75) is 12.3 Å². The van der Waals surface area contributed by atoms with E-state index in [-0.39, 0.29) is 23.3 Å². The zero-order valence-electron chi connectivity index (χ0n) is 13.4. The summed E-state index contributed by atoms with van der Waals surface area (Å²) in [5.74, 6) is -1.92. The molecule has 1 heterocycles. The molecule has 1 atom stereocenters. The predicted molar refractivity (Wildman–Crippen MR) is 90.7 cm³/mol. The van der Waals surface area contributed by atoms with Gasteiger partial charge < -0.3 is 19.4 Å². The minimum Gasteiger partial charge on any atom is -0.508 e. The largest absolute Gasteiger partial charge is 0.508 e. The molecule has 0 spiro atoms. The molecule has 0 radical (unpaired) electrons. The smallest absolute Gasteiger partial charge is 0.306 e. The van der Waals surface area contributed by atoms with Gasteiger partial charge in [-0.1, -0.05) is 24.3 Å². The molecular formula is C19H16O6. The number of fused-ring (bicyclic) bond motifs is 1. The standard InChI is InChI=1S/C19H16O6/c1-24-16(21)10-14(11-5-4-6-12(20)9-11)19-18(23)17(22)13-7-2-3-8-15(13)25-19/h2-9,14,20,23H,10H2,1H3/t14-/m0/s1. The van der Waals surface area contributed by atoms with Crippen LogP contribution in [0.2, 0.25) is 0 Å². The lowest BCUT2D eigenvalue weighted by atomic mass is 9.92. The van der Waals surface area contributed by atoms with Crippen molar-refractivity contribution in [3.05, 3.63) is 70.1 Å². The Kier molecular flexibility index (Phi) is 4.43. The van der Waals surface area contributed by atoms with Gasteiger partial charge in [0.05, 0.1) is 24.8 Å². The number of carbonyl (C=O) groups is 1. The Labute approximate surface area is 142 Å². The molecular weight excluding hydrogens is 324 g/mol. The van der Waals surface area contributed by atoms with Crippen LogP contribution in [0.5, 0.6) is 11.5 Å². The summed E-state index contributed by atoms with van der Waals surface area (Å²) in [5.41, 5.74) is 0.237. The molecule has 3 aromatic rings. The average Bonchev–Trinajstić information content (AvgIpc) is 2.62. The molecule has 128 valence electrons. The summed E-state index contributed by atoms with van der Waals surface area (Å²) in [6.07, 6.45) is -0.158. The van der Waals surface area contributed by atoms with Crippen molar-refractivity contribution < 1.29 is 24.2 Å². The fourth-order valence-electron chi connectivity index (χ4n) is 2.74. The number of esters is 1. The number of rotatable bonds is 4. The van der Waals surface area contributed by atoms with Crippen LogP contribution in [-0.2, 0) is 9.53 Å². The Morgan fingerprint density at radius 1 is 1.16 bits per heavy atom. The molecule has 0 amide bonds. The maximum atomic E-state index is 12.4. The molecule has 2 N–H and O–H groups in total. The molecule has 6 heteroatoms. The Balaban J connectivity index is 2.22. The zero-order valence-corrected chi connectivity index (χ0v) is 13.4. The molecule has 0 saturated heterocycles. The third kappa shape index (κ3) is 3.19. The Morgan fingerprint density at radius 2 is 1.92 bits per heavy atom. The summed E-state index contributed by atoms with van der Waals surface area (Å²) >= 11 is 0. The molecule has 1 aromatic heterocycles. The minimum absolute atomic E-state index is 0.00464. The number of ether oxygens (including phenoxy) is 1. The number of aromatic hydroxyl groups is 2. The first-order valence-electron chi connectivity index (χ1n) is 7.61. The highest BCUT2D eigenvalue weighted by Crippen LogP contribution is 2.35. The van der Waals surface area contributed by atoms with Gasteiger partial charge in [0.25, 0.3) is 0 Å². The quantitative estimate of drug-likeness (QED) is 0.709. The molecule has 0 bridgehead atoms. The van der Waals surface area contributed by atoms with Gasteiger partial charge in [-0.15, -0.1) is 0 Å². The molecule has 25 heavy (non-hydrogen) atoms.